The molecule has 1 aromatic carbocycles. The highest BCUT2D eigenvalue weighted by molar-refractivity contribution is 6.31. The van der Waals surface area contributed by atoms with Crippen LogP contribution in [0, 0.1) is 0 Å². The summed E-state index contributed by atoms with van der Waals surface area (Å²) in [6.45, 7) is 2.17. The van der Waals surface area contributed by atoms with Crippen LogP contribution in [0.5, 0.6) is 0 Å². The number of nitrogens with one attached hydrogen (secondary N) is 1. The second kappa shape index (κ2) is 6.15. The molecular formula is C16H21ClN2O. The summed E-state index contributed by atoms with van der Waals surface area (Å²) >= 11 is 6.10. The molecule has 1 amide bonds. The molecule has 0 spiro atoms. The van der Waals surface area contributed by atoms with E-state index in [9.17, 15) is 4.79 Å². The number of nitrogens with zero attached hydrogens (tertiary/aromatic N) is 1. The van der Waals surface area contributed by atoms with Crippen LogP contribution < -0.4 is 5.32 Å². The van der Waals surface area contributed by atoms with Crippen LogP contribution in [0.15, 0.2) is 24.3 Å². The van der Waals surface area contributed by atoms with Crippen molar-refractivity contribution in [1.29, 1.82) is 0 Å². The number of likely N-dealkylation sites (tertiary alicyclic amines) is 1. The summed E-state index contributed by atoms with van der Waals surface area (Å²) in [5.41, 5.74) is 1.05. The smallest absolute Gasteiger partial charge is 0.220 e. The fourth-order valence-electron chi connectivity index (χ4n) is 2.93. The van der Waals surface area contributed by atoms with Crippen LogP contribution in [-0.2, 0) is 11.2 Å². The van der Waals surface area contributed by atoms with Crippen molar-refractivity contribution in [2.24, 2.45) is 0 Å². The first kappa shape index (κ1) is 13.9. The van der Waals surface area contributed by atoms with Gasteiger partial charge in [0.2, 0.25) is 5.91 Å². The van der Waals surface area contributed by atoms with E-state index in [0.29, 0.717) is 18.9 Å². The zero-order chi connectivity index (χ0) is 13.9. The van der Waals surface area contributed by atoms with E-state index in [1.807, 2.05) is 24.3 Å². The zero-order valence-electron chi connectivity index (χ0n) is 11.6. The molecule has 3 rings (SSSR count). The van der Waals surface area contributed by atoms with E-state index in [0.717, 1.165) is 36.1 Å². The van der Waals surface area contributed by atoms with Gasteiger partial charge in [-0.15, -0.1) is 0 Å². The van der Waals surface area contributed by atoms with Crippen molar-refractivity contribution in [3.63, 3.8) is 0 Å². The van der Waals surface area contributed by atoms with Crippen molar-refractivity contribution in [2.45, 2.75) is 44.2 Å². The number of carbonyl (C=O) groups is 1. The van der Waals surface area contributed by atoms with Crippen molar-refractivity contribution in [3.8, 4) is 0 Å². The summed E-state index contributed by atoms with van der Waals surface area (Å²) in [4.78, 5) is 14.5. The zero-order valence-corrected chi connectivity index (χ0v) is 12.4. The van der Waals surface area contributed by atoms with Gasteiger partial charge in [-0.05, 0) is 37.3 Å². The summed E-state index contributed by atoms with van der Waals surface area (Å²) in [7, 11) is 0. The molecule has 3 nitrogen and oxygen atoms in total. The molecule has 1 aliphatic carbocycles. The van der Waals surface area contributed by atoms with Gasteiger partial charge in [0.15, 0.2) is 0 Å². The molecule has 0 bridgehead atoms. The molecule has 2 fully saturated rings. The molecule has 1 N–H and O–H groups in total. The molecule has 1 aromatic rings. The molecular weight excluding hydrogens is 272 g/mol. The van der Waals surface area contributed by atoms with Gasteiger partial charge >= 0.3 is 0 Å². The first-order valence-corrected chi connectivity index (χ1v) is 7.87. The van der Waals surface area contributed by atoms with Gasteiger partial charge in [-0.1, -0.05) is 29.8 Å². The summed E-state index contributed by atoms with van der Waals surface area (Å²) in [5, 5.41) is 3.91. The van der Waals surface area contributed by atoms with Gasteiger partial charge in [0.1, 0.15) is 0 Å². The minimum Gasteiger partial charge on any atom is -0.352 e. The molecule has 1 aliphatic heterocycles. The molecule has 4 heteroatoms. The van der Waals surface area contributed by atoms with E-state index in [2.05, 4.69) is 10.2 Å². The van der Waals surface area contributed by atoms with Crippen LogP contribution in [0.2, 0.25) is 5.02 Å². The van der Waals surface area contributed by atoms with E-state index in [-0.39, 0.29) is 5.91 Å². The molecule has 1 saturated heterocycles. The molecule has 0 aromatic heterocycles. The van der Waals surface area contributed by atoms with E-state index < -0.39 is 0 Å². The average Bonchev–Trinajstić information content (AvgIpc) is 3.19. The third kappa shape index (κ3) is 3.53. The maximum atomic E-state index is 12.0. The summed E-state index contributed by atoms with van der Waals surface area (Å²) < 4.78 is 0. The Labute approximate surface area is 125 Å². The molecule has 1 atom stereocenters. The predicted octanol–water partition coefficient (Wildman–Crippen LogP) is 2.63. The minimum atomic E-state index is 0.146. The van der Waals surface area contributed by atoms with Crippen LogP contribution in [-0.4, -0.2) is 36.0 Å². The number of hydrogen-bond donors (Lipinski definition) is 1. The highest BCUT2D eigenvalue weighted by atomic mass is 35.5. The first-order chi connectivity index (χ1) is 9.72. The Kier molecular flexibility index (Phi) is 4.27. The average molecular weight is 293 g/mol. The molecule has 108 valence electrons. The maximum Gasteiger partial charge on any atom is 0.220 e. The Bertz CT molecular complexity index is 487. The third-order valence-electron chi connectivity index (χ3n) is 4.23. The van der Waals surface area contributed by atoms with Crippen molar-refractivity contribution >= 4 is 17.5 Å². The van der Waals surface area contributed by atoms with Gasteiger partial charge in [0, 0.05) is 36.6 Å². The lowest BCUT2D eigenvalue weighted by Gasteiger charge is -2.15. The Morgan fingerprint density at radius 2 is 2.10 bits per heavy atom. The number of hydrogen-bond acceptors (Lipinski definition) is 2. The third-order valence-corrected chi connectivity index (χ3v) is 4.60. The number of amides is 1. The van der Waals surface area contributed by atoms with Crippen LogP contribution >= 0.6 is 11.6 Å². The van der Waals surface area contributed by atoms with Crippen LogP contribution in [0.25, 0.3) is 0 Å². The van der Waals surface area contributed by atoms with Crippen LogP contribution in [0.1, 0.15) is 31.2 Å². The highest BCUT2D eigenvalue weighted by Gasteiger charge is 2.34. The first-order valence-electron chi connectivity index (χ1n) is 7.49. The second-order valence-corrected chi connectivity index (χ2v) is 6.28. The van der Waals surface area contributed by atoms with E-state index >= 15 is 0 Å². The number of benzene rings is 1. The summed E-state index contributed by atoms with van der Waals surface area (Å²) in [6, 6.07) is 8.88. The Hall–Kier alpha value is -1.06. The number of aryl methyl sites for hydroxylation is 1. The fourth-order valence-corrected chi connectivity index (χ4v) is 3.16. The summed E-state index contributed by atoms with van der Waals surface area (Å²) in [5.74, 6) is 0.146. The van der Waals surface area contributed by atoms with Gasteiger partial charge < -0.3 is 5.32 Å². The molecule has 1 heterocycles. The van der Waals surface area contributed by atoms with Crippen LogP contribution in [0.4, 0.5) is 0 Å². The number of halogens is 1. The van der Waals surface area contributed by atoms with Gasteiger partial charge in [0.25, 0.3) is 0 Å². The molecule has 0 radical (unpaired) electrons. The highest BCUT2D eigenvalue weighted by Crippen LogP contribution is 2.29. The van der Waals surface area contributed by atoms with Gasteiger partial charge in [-0.25, -0.2) is 0 Å². The summed E-state index contributed by atoms with van der Waals surface area (Å²) in [6.07, 6.45) is 5.00. The van der Waals surface area contributed by atoms with Gasteiger partial charge in [0.05, 0.1) is 0 Å². The van der Waals surface area contributed by atoms with E-state index in [1.54, 1.807) is 0 Å². The largest absolute Gasteiger partial charge is 0.352 e. The number of carbonyl (C=O) groups excluding carboxylic acids is 1. The molecule has 0 unspecified atom stereocenters. The standard InChI is InChI=1S/C16H21ClN2O/c17-15-4-2-1-3-12(15)5-8-16(20)18-13-9-10-19(11-13)14-6-7-14/h1-4,13-14H,5-11H2,(H,18,20)/t13-/m1/s1. The fraction of sp³-hybridized carbons (Fsp3) is 0.562. The monoisotopic (exact) mass is 292 g/mol. The van der Waals surface area contributed by atoms with E-state index in [4.69, 9.17) is 11.6 Å². The lowest BCUT2D eigenvalue weighted by Crippen LogP contribution is -2.37. The van der Waals surface area contributed by atoms with Crippen LogP contribution in [0.3, 0.4) is 0 Å². The normalized spacial score (nSPS) is 22.9. The predicted molar refractivity (Wildman–Crippen MR) is 80.9 cm³/mol. The molecule has 2 aliphatic rings. The van der Waals surface area contributed by atoms with Crippen molar-refractivity contribution in [2.75, 3.05) is 13.1 Å². The molecule has 1 saturated carbocycles. The molecule has 20 heavy (non-hydrogen) atoms. The Morgan fingerprint density at radius 3 is 2.85 bits per heavy atom. The number of rotatable bonds is 5. The van der Waals surface area contributed by atoms with Crippen molar-refractivity contribution in [1.82, 2.24) is 10.2 Å². The van der Waals surface area contributed by atoms with Gasteiger partial charge in [-0.2, -0.15) is 0 Å². The topological polar surface area (TPSA) is 32.3 Å². The van der Waals surface area contributed by atoms with Crippen molar-refractivity contribution in [3.05, 3.63) is 34.9 Å². The Balaban J connectivity index is 1.42. The SMILES string of the molecule is O=C(CCc1ccccc1Cl)N[C@@H]1CCN(C2CC2)C1. The van der Waals surface area contributed by atoms with Gasteiger partial charge in [-0.3, -0.25) is 9.69 Å². The Morgan fingerprint density at radius 1 is 1.30 bits per heavy atom. The van der Waals surface area contributed by atoms with E-state index in [1.165, 1.54) is 12.8 Å². The quantitative estimate of drug-likeness (QED) is 0.905. The minimum absolute atomic E-state index is 0.146. The maximum absolute atomic E-state index is 12.0. The lowest BCUT2D eigenvalue weighted by atomic mass is 10.1. The second-order valence-electron chi connectivity index (χ2n) is 5.87. The van der Waals surface area contributed by atoms with Crippen molar-refractivity contribution < 1.29 is 4.79 Å². The lowest BCUT2D eigenvalue weighted by molar-refractivity contribution is -0.121.